The van der Waals surface area contributed by atoms with Crippen LogP contribution in [0.3, 0.4) is 0 Å². The Kier molecular flexibility index (Phi) is 5.63. The molecule has 0 saturated carbocycles. The van der Waals surface area contributed by atoms with Crippen molar-refractivity contribution >= 4 is 15.9 Å². The third kappa shape index (κ3) is 4.41. The first-order chi connectivity index (χ1) is 7.97. The lowest BCUT2D eigenvalue weighted by molar-refractivity contribution is 0.284. The van der Waals surface area contributed by atoms with E-state index >= 15 is 0 Å². The molecule has 1 aromatic carbocycles. The van der Waals surface area contributed by atoms with E-state index in [0.29, 0.717) is 0 Å². The van der Waals surface area contributed by atoms with Gasteiger partial charge >= 0.3 is 0 Å². The molecule has 2 nitrogen and oxygen atoms in total. The topological polar surface area (TPSA) is 32.3 Å². The van der Waals surface area contributed by atoms with Gasteiger partial charge in [0.15, 0.2) is 0 Å². The summed E-state index contributed by atoms with van der Waals surface area (Å²) in [5.74, 6) is 0. The largest absolute Gasteiger partial charge is 0.396 e. The normalized spacial score (nSPS) is 11.8. The summed E-state index contributed by atoms with van der Waals surface area (Å²) in [5, 5.41) is 12.1. The molecule has 1 rings (SSSR count). The summed E-state index contributed by atoms with van der Waals surface area (Å²) in [6.45, 7) is 8.68. The molecule has 3 heteroatoms. The molecule has 0 amide bonds. The highest BCUT2D eigenvalue weighted by Gasteiger charge is 2.22. The first-order valence-electron chi connectivity index (χ1n) is 6.05. The zero-order chi connectivity index (χ0) is 12.9. The summed E-state index contributed by atoms with van der Waals surface area (Å²) in [6.07, 6.45) is 0.813. The number of aryl methyl sites for hydroxylation is 1. The second kappa shape index (κ2) is 6.53. The van der Waals surface area contributed by atoms with Gasteiger partial charge in [0, 0.05) is 23.0 Å². The Bertz CT molecular complexity index is 363. The lowest BCUT2D eigenvalue weighted by Gasteiger charge is -2.28. The monoisotopic (exact) mass is 299 g/mol. The van der Waals surface area contributed by atoms with E-state index in [1.54, 1.807) is 0 Å². The van der Waals surface area contributed by atoms with Crippen LogP contribution in [0.15, 0.2) is 22.7 Å². The summed E-state index contributed by atoms with van der Waals surface area (Å²) in [4.78, 5) is 0. The molecule has 96 valence electrons. The number of nitrogens with one attached hydrogen (secondary N) is 1. The number of aliphatic hydroxyl groups is 1. The van der Waals surface area contributed by atoms with Crippen molar-refractivity contribution in [2.75, 3.05) is 19.7 Å². The molecule has 0 saturated heterocycles. The van der Waals surface area contributed by atoms with E-state index < -0.39 is 0 Å². The minimum Gasteiger partial charge on any atom is -0.396 e. The van der Waals surface area contributed by atoms with Gasteiger partial charge in [-0.3, -0.25) is 0 Å². The maximum absolute atomic E-state index is 8.75. The van der Waals surface area contributed by atoms with Gasteiger partial charge in [0.25, 0.3) is 0 Å². The molecule has 0 bridgehead atoms. The van der Waals surface area contributed by atoms with Gasteiger partial charge in [-0.05, 0) is 43.1 Å². The molecule has 0 aliphatic carbocycles. The van der Waals surface area contributed by atoms with Crippen molar-refractivity contribution in [1.82, 2.24) is 5.32 Å². The number of halogens is 1. The highest BCUT2D eigenvalue weighted by Crippen LogP contribution is 2.28. The predicted octanol–water partition coefficient (Wildman–Crippen LogP) is 3.01. The maximum atomic E-state index is 8.75. The van der Waals surface area contributed by atoms with Gasteiger partial charge in [0.2, 0.25) is 0 Å². The first kappa shape index (κ1) is 14.7. The molecular formula is C14H22BrNO. The van der Waals surface area contributed by atoms with Gasteiger partial charge in [0.1, 0.15) is 0 Å². The van der Waals surface area contributed by atoms with E-state index in [4.69, 9.17) is 5.11 Å². The Balaban J connectivity index is 2.71. The van der Waals surface area contributed by atoms with Crippen LogP contribution in [-0.2, 0) is 5.41 Å². The van der Waals surface area contributed by atoms with E-state index in [9.17, 15) is 0 Å². The molecule has 17 heavy (non-hydrogen) atoms. The van der Waals surface area contributed by atoms with Crippen LogP contribution in [0.5, 0.6) is 0 Å². The molecule has 0 unspecified atom stereocenters. The Morgan fingerprint density at radius 2 is 2.06 bits per heavy atom. The molecule has 0 spiro atoms. The highest BCUT2D eigenvalue weighted by atomic mass is 79.9. The van der Waals surface area contributed by atoms with Gasteiger partial charge < -0.3 is 10.4 Å². The number of rotatable bonds is 6. The van der Waals surface area contributed by atoms with E-state index in [2.05, 4.69) is 60.2 Å². The summed E-state index contributed by atoms with van der Waals surface area (Å²) >= 11 is 3.53. The molecule has 0 heterocycles. The summed E-state index contributed by atoms with van der Waals surface area (Å²) in [7, 11) is 0. The van der Waals surface area contributed by atoms with Crippen molar-refractivity contribution in [3.05, 3.63) is 33.8 Å². The maximum Gasteiger partial charge on any atom is 0.0443 e. The predicted molar refractivity (Wildman–Crippen MR) is 76.5 cm³/mol. The van der Waals surface area contributed by atoms with Gasteiger partial charge in [-0.15, -0.1) is 0 Å². The molecule has 0 radical (unpaired) electrons. The van der Waals surface area contributed by atoms with Crippen LogP contribution in [0.25, 0.3) is 0 Å². The molecule has 2 N–H and O–H groups in total. The van der Waals surface area contributed by atoms with Crippen LogP contribution in [0.4, 0.5) is 0 Å². The summed E-state index contributed by atoms with van der Waals surface area (Å²) in [5.41, 5.74) is 2.79. The lowest BCUT2D eigenvalue weighted by Crippen LogP contribution is -2.34. The standard InChI is InChI=1S/C14H22BrNO/c1-11-5-6-12(15)9-13(11)14(2,3)10-16-7-4-8-17/h5-6,9,16-17H,4,7-8,10H2,1-3H3. The van der Waals surface area contributed by atoms with Crippen molar-refractivity contribution < 1.29 is 5.11 Å². The van der Waals surface area contributed by atoms with Crippen molar-refractivity contribution in [2.45, 2.75) is 32.6 Å². The molecule has 0 fully saturated rings. The first-order valence-corrected chi connectivity index (χ1v) is 6.85. The number of benzene rings is 1. The minimum absolute atomic E-state index is 0.101. The van der Waals surface area contributed by atoms with Gasteiger partial charge in [-0.2, -0.15) is 0 Å². The number of hydrogen-bond donors (Lipinski definition) is 2. The van der Waals surface area contributed by atoms with Crippen molar-refractivity contribution in [3.63, 3.8) is 0 Å². The summed E-state index contributed by atoms with van der Waals surface area (Å²) in [6, 6.07) is 6.42. The van der Waals surface area contributed by atoms with Crippen LogP contribution in [0, 0.1) is 6.92 Å². The Hall–Kier alpha value is -0.380. The van der Waals surface area contributed by atoms with Crippen LogP contribution in [0.2, 0.25) is 0 Å². The lowest BCUT2D eigenvalue weighted by atomic mass is 9.82. The fourth-order valence-corrected chi connectivity index (χ4v) is 2.38. The molecule has 1 aromatic rings. The Labute approximate surface area is 113 Å². The molecular weight excluding hydrogens is 278 g/mol. The fourth-order valence-electron chi connectivity index (χ4n) is 2.02. The van der Waals surface area contributed by atoms with Crippen LogP contribution in [0.1, 0.15) is 31.4 Å². The third-order valence-corrected chi connectivity index (χ3v) is 3.50. The smallest absolute Gasteiger partial charge is 0.0443 e. The Morgan fingerprint density at radius 1 is 1.35 bits per heavy atom. The molecule has 0 aliphatic rings. The second-order valence-electron chi connectivity index (χ2n) is 5.10. The third-order valence-electron chi connectivity index (χ3n) is 3.01. The van der Waals surface area contributed by atoms with Crippen LogP contribution in [-0.4, -0.2) is 24.8 Å². The van der Waals surface area contributed by atoms with E-state index in [1.807, 2.05) is 0 Å². The molecule has 0 aliphatic heterocycles. The van der Waals surface area contributed by atoms with Crippen molar-refractivity contribution in [2.24, 2.45) is 0 Å². The minimum atomic E-state index is 0.101. The second-order valence-corrected chi connectivity index (χ2v) is 6.01. The molecule has 0 aromatic heterocycles. The number of aliphatic hydroxyl groups excluding tert-OH is 1. The van der Waals surface area contributed by atoms with Crippen LogP contribution >= 0.6 is 15.9 Å². The van der Waals surface area contributed by atoms with Crippen molar-refractivity contribution in [3.8, 4) is 0 Å². The van der Waals surface area contributed by atoms with Gasteiger partial charge in [-0.25, -0.2) is 0 Å². The van der Waals surface area contributed by atoms with Gasteiger partial charge in [0.05, 0.1) is 0 Å². The van der Waals surface area contributed by atoms with E-state index in [1.165, 1.54) is 11.1 Å². The average molecular weight is 300 g/mol. The summed E-state index contributed by atoms with van der Waals surface area (Å²) < 4.78 is 1.13. The SMILES string of the molecule is Cc1ccc(Br)cc1C(C)(C)CNCCCO. The zero-order valence-corrected chi connectivity index (χ0v) is 12.5. The zero-order valence-electron chi connectivity index (χ0n) is 10.9. The van der Waals surface area contributed by atoms with Crippen molar-refractivity contribution in [1.29, 1.82) is 0 Å². The highest BCUT2D eigenvalue weighted by molar-refractivity contribution is 9.10. The Morgan fingerprint density at radius 3 is 2.71 bits per heavy atom. The van der Waals surface area contributed by atoms with E-state index in [0.717, 1.165) is 24.0 Å². The van der Waals surface area contributed by atoms with Crippen LogP contribution < -0.4 is 5.32 Å². The quantitative estimate of drug-likeness (QED) is 0.792. The van der Waals surface area contributed by atoms with Gasteiger partial charge in [-0.1, -0.05) is 35.8 Å². The fraction of sp³-hybridized carbons (Fsp3) is 0.571. The number of hydrogen-bond acceptors (Lipinski definition) is 2. The van der Waals surface area contributed by atoms with E-state index in [-0.39, 0.29) is 12.0 Å². The molecule has 0 atom stereocenters. The average Bonchev–Trinajstić information content (AvgIpc) is 2.28.